The Bertz CT molecular complexity index is 185. The highest BCUT2D eigenvalue weighted by molar-refractivity contribution is 6.11. The molecule has 0 atom stereocenters. The summed E-state index contributed by atoms with van der Waals surface area (Å²) in [5, 5.41) is 0. The largest absolute Gasteiger partial charge is 0.296 e. The van der Waals surface area contributed by atoms with Crippen LogP contribution in [0.15, 0.2) is 16.6 Å². The Morgan fingerprint density at radius 2 is 2.27 bits per heavy atom. The monoisotopic (exact) mass is 156 g/mol. The van der Waals surface area contributed by atoms with Crippen LogP contribution in [0.4, 0.5) is 0 Å². The van der Waals surface area contributed by atoms with E-state index in [1.165, 1.54) is 13.3 Å². The van der Waals surface area contributed by atoms with Gasteiger partial charge >= 0.3 is 0 Å². The van der Waals surface area contributed by atoms with Crippen LogP contribution in [0.5, 0.6) is 0 Å². The van der Waals surface area contributed by atoms with Gasteiger partial charge in [0.15, 0.2) is 0 Å². The Hall–Kier alpha value is -1.16. The average Bonchev–Trinajstić information content (AvgIpc) is 2.00. The normalized spacial score (nSPS) is 12.1. The van der Waals surface area contributed by atoms with Gasteiger partial charge in [-0.3, -0.25) is 14.6 Å². The quantitative estimate of drug-likeness (QED) is 0.363. The summed E-state index contributed by atoms with van der Waals surface area (Å²) in [5.41, 5.74) is 2.66. The fourth-order valence-electron chi connectivity index (χ4n) is 0.555. The molecule has 0 rings (SSSR count). The van der Waals surface area contributed by atoms with Crippen molar-refractivity contribution in [2.75, 3.05) is 14.2 Å². The molecule has 0 aliphatic carbocycles. The summed E-state index contributed by atoms with van der Waals surface area (Å²) in [5.74, 6) is -0.291. The lowest BCUT2D eigenvalue weighted by Crippen LogP contribution is -2.24. The van der Waals surface area contributed by atoms with Crippen molar-refractivity contribution in [2.45, 2.75) is 6.92 Å². The van der Waals surface area contributed by atoms with E-state index < -0.39 is 0 Å². The summed E-state index contributed by atoms with van der Waals surface area (Å²) < 4.78 is 0. The minimum absolute atomic E-state index is 0.291. The van der Waals surface area contributed by atoms with Gasteiger partial charge in [0.1, 0.15) is 0 Å². The van der Waals surface area contributed by atoms with Crippen LogP contribution >= 0.6 is 0 Å². The Morgan fingerprint density at radius 1 is 1.64 bits per heavy atom. The molecule has 1 amide bonds. The zero-order valence-corrected chi connectivity index (χ0v) is 6.92. The minimum Gasteiger partial charge on any atom is -0.296 e. The van der Waals surface area contributed by atoms with Gasteiger partial charge in [-0.2, -0.15) is 0 Å². The molecular formula is C7H12N2O2. The fraction of sp³-hybridized carbons (Fsp3) is 0.429. The van der Waals surface area contributed by atoms with Crippen LogP contribution in [-0.4, -0.2) is 26.3 Å². The van der Waals surface area contributed by atoms with Crippen molar-refractivity contribution in [3.05, 3.63) is 11.6 Å². The van der Waals surface area contributed by atoms with Gasteiger partial charge in [0.2, 0.25) is 0 Å². The maximum absolute atomic E-state index is 11.0. The molecule has 0 bridgehead atoms. The van der Waals surface area contributed by atoms with Gasteiger partial charge in [0.05, 0.1) is 12.7 Å². The molecular weight excluding hydrogens is 144 g/mol. The number of aliphatic imine (C=N–C) groups is 1. The van der Waals surface area contributed by atoms with E-state index in [2.05, 4.69) is 15.3 Å². The van der Waals surface area contributed by atoms with Crippen molar-refractivity contribution < 1.29 is 9.63 Å². The van der Waals surface area contributed by atoms with Crippen molar-refractivity contribution in [2.24, 2.45) is 4.99 Å². The summed E-state index contributed by atoms with van der Waals surface area (Å²) >= 11 is 0. The molecule has 0 spiro atoms. The third-order valence-electron chi connectivity index (χ3n) is 1.04. The number of nitrogens with zero attached hydrogens (tertiary/aromatic N) is 1. The van der Waals surface area contributed by atoms with Crippen molar-refractivity contribution >= 4 is 12.1 Å². The van der Waals surface area contributed by atoms with Crippen molar-refractivity contribution in [1.82, 2.24) is 5.48 Å². The molecule has 4 heteroatoms. The van der Waals surface area contributed by atoms with E-state index in [9.17, 15) is 4.79 Å². The number of carbonyl (C=O) groups excluding carboxylic acids is 1. The SMILES string of the molecule is C/C=C(\C=NC)C(=O)NOC. The summed E-state index contributed by atoms with van der Waals surface area (Å²) in [6.07, 6.45) is 3.12. The van der Waals surface area contributed by atoms with Crippen LogP contribution in [0.3, 0.4) is 0 Å². The Labute approximate surface area is 65.9 Å². The lowest BCUT2D eigenvalue weighted by molar-refractivity contribution is -0.126. The topological polar surface area (TPSA) is 50.7 Å². The average molecular weight is 156 g/mol. The molecule has 1 N–H and O–H groups in total. The van der Waals surface area contributed by atoms with Crippen LogP contribution < -0.4 is 5.48 Å². The van der Waals surface area contributed by atoms with Gasteiger partial charge in [-0.15, -0.1) is 0 Å². The molecule has 62 valence electrons. The summed E-state index contributed by atoms with van der Waals surface area (Å²) in [6.45, 7) is 1.76. The van der Waals surface area contributed by atoms with Crippen molar-refractivity contribution in [3.8, 4) is 0 Å². The van der Waals surface area contributed by atoms with E-state index in [-0.39, 0.29) is 5.91 Å². The summed E-state index contributed by atoms with van der Waals surface area (Å²) in [7, 11) is 2.98. The molecule has 0 radical (unpaired) electrons. The number of hydroxylamine groups is 1. The highest BCUT2D eigenvalue weighted by atomic mass is 16.6. The molecule has 0 unspecified atom stereocenters. The summed E-state index contributed by atoms with van der Waals surface area (Å²) in [6, 6.07) is 0. The number of hydrogen-bond acceptors (Lipinski definition) is 3. The predicted molar refractivity (Wildman–Crippen MR) is 43.3 cm³/mol. The number of carbonyl (C=O) groups is 1. The lowest BCUT2D eigenvalue weighted by atomic mass is 10.3. The molecule has 4 nitrogen and oxygen atoms in total. The number of hydrogen-bond donors (Lipinski definition) is 1. The second kappa shape index (κ2) is 5.61. The standard InChI is InChI=1S/C7H12N2O2/c1-4-6(5-8-2)7(10)9-11-3/h4-5H,1-3H3,(H,9,10)/b6-4+,8-5?. The highest BCUT2D eigenvalue weighted by Crippen LogP contribution is 1.89. The van der Waals surface area contributed by atoms with Crippen LogP contribution in [0.2, 0.25) is 0 Å². The first-order valence-corrected chi connectivity index (χ1v) is 3.18. The van der Waals surface area contributed by atoms with Crippen molar-refractivity contribution in [3.63, 3.8) is 0 Å². The number of allylic oxidation sites excluding steroid dienone is 1. The molecule has 0 aromatic heterocycles. The van der Waals surface area contributed by atoms with Gasteiger partial charge < -0.3 is 0 Å². The first kappa shape index (κ1) is 9.84. The smallest absolute Gasteiger partial charge is 0.276 e. The highest BCUT2D eigenvalue weighted by Gasteiger charge is 2.02. The molecule has 0 aromatic carbocycles. The molecule has 0 fully saturated rings. The molecule has 0 saturated heterocycles. The number of rotatable bonds is 3. The first-order chi connectivity index (χ1) is 5.26. The second-order valence-corrected chi connectivity index (χ2v) is 1.77. The summed E-state index contributed by atoms with van der Waals surface area (Å²) in [4.78, 5) is 19.1. The second-order valence-electron chi connectivity index (χ2n) is 1.77. The van der Waals surface area contributed by atoms with Crippen molar-refractivity contribution in [1.29, 1.82) is 0 Å². The minimum atomic E-state index is -0.291. The first-order valence-electron chi connectivity index (χ1n) is 3.18. The van der Waals surface area contributed by atoms with Crippen LogP contribution in [-0.2, 0) is 9.63 Å². The van der Waals surface area contributed by atoms with E-state index in [0.717, 1.165) is 0 Å². The van der Waals surface area contributed by atoms with E-state index in [0.29, 0.717) is 5.57 Å². The van der Waals surface area contributed by atoms with E-state index in [4.69, 9.17) is 0 Å². The van der Waals surface area contributed by atoms with Crippen LogP contribution in [0, 0.1) is 0 Å². The fourth-order valence-corrected chi connectivity index (χ4v) is 0.555. The molecule has 11 heavy (non-hydrogen) atoms. The van der Waals surface area contributed by atoms with Crippen LogP contribution in [0.1, 0.15) is 6.92 Å². The lowest BCUT2D eigenvalue weighted by Gasteiger charge is -1.99. The molecule has 0 saturated carbocycles. The molecule has 0 heterocycles. The molecule has 0 aromatic rings. The van der Waals surface area contributed by atoms with Gasteiger partial charge in [0.25, 0.3) is 5.91 Å². The number of amides is 1. The van der Waals surface area contributed by atoms with Gasteiger partial charge in [-0.25, -0.2) is 5.48 Å². The van der Waals surface area contributed by atoms with E-state index in [1.807, 2.05) is 0 Å². The van der Waals surface area contributed by atoms with Gasteiger partial charge in [-0.1, -0.05) is 6.08 Å². The van der Waals surface area contributed by atoms with Gasteiger partial charge in [0, 0.05) is 13.3 Å². The maximum atomic E-state index is 11.0. The zero-order valence-electron chi connectivity index (χ0n) is 6.92. The zero-order chi connectivity index (χ0) is 8.69. The Kier molecular flexibility index (Phi) is 5.02. The van der Waals surface area contributed by atoms with Crippen LogP contribution in [0.25, 0.3) is 0 Å². The van der Waals surface area contributed by atoms with E-state index in [1.54, 1.807) is 20.0 Å². The third kappa shape index (κ3) is 3.52. The van der Waals surface area contributed by atoms with E-state index >= 15 is 0 Å². The molecule has 0 aliphatic heterocycles. The maximum Gasteiger partial charge on any atom is 0.276 e. The molecule has 0 aliphatic rings. The number of nitrogens with one attached hydrogen (secondary N) is 1. The predicted octanol–water partition coefficient (Wildman–Crippen LogP) is 0.311. The Balaban J connectivity index is 4.16. The van der Waals surface area contributed by atoms with Gasteiger partial charge in [-0.05, 0) is 6.92 Å². The third-order valence-corrected chi connectivity index (χ3v) is 1.04. The Morgan fingerprint density at radius 3 is 2.64 bits per heavy atom.